The van der Waals surface area contributed by atoms with Gasteiger partial charge in [-0.15, -0.1) is 5.10 Å². The van der Waals surface area contributed by atoms with E-state index in [1.807, 2.05) is 55.5 Å². The third kappa shape index (κ3) is 2.50. The van der Waals surface area contributed by atoms with Gasteiger partial charge in [0, 0.05) is 11.1 Å². The SMILES string of the molecule is COc1ccc(C)n2nc(/C=C/c3ccc4ccccc4n3)nc12. The fourth-order valence-electron chi connectivity index (χ4n) is 2.64. The first-order valence-electron chi connectivity index (χ1n) is 7.69. The van der Waals surface area contributed by atoms with Crippen LogP contribution in [0.15, 0.2) is 48.5 Å². The van der Waals surface area contributed by atoms with Gasteiger partial charge < -0.3 is 4.74 Å². The molecule has 0 spiro atoms. The van der Waals surface area contributed by atoms with Crippen LogP contribution in [-0.4, -0.2) is 26.7 Å². The second-order valence-electron chi connectivity index (χ2n) is 5.51. The number of hydrogen-bond acceptors (Lipinski definition) is 4. The number of pyridine rings is 2. The van der Waals surface area contributed by atoms with E-state index in [2.05, 4.69) is 27.2 Å². The summed E-state index contributed by atoms with van der Waals surface area (Å²) in [6, 6.07) is 16.0. The minimum Gasteiger partial charge on any atom is -0.493 e. The van der Waals surface area contributed by atoms with Gasteiger partial charge in [0.25, 0.3) is 0 Å². The Morgan fingerprint density at radius 3 is 2.71 bits per heavy atom. The molecule has 0 radical (unpaired) electrons. The summed E-state index contributed by atoms with van der Waals surface area (Å²) in [4.78, 5) is 9.16. The van der Waals surface area contributed by atoms with Gasteiger partial charge in [0.2, 0.25) is 0 Å². The number of hydrogen-bond donors (Lipinski definition) is 0. The van der Waals surface area contributed by atoms with Crippen LogP contribution in [0.1, 0.15) is 17.2 Å². The number of ether oxygens (including phenoxy) is 1. The molecule has 0 saturated heterocycles. The molecule has 118 valence electrons. The van der Waals surface area contributed by atoms with E-state index in [4.69, 9.17) is 4.74 Å². The van der Waals surface area contributed by atoms with Crippen molar-refractivity contribution in [1.82, 2.24) is 19.6 Å². The van der Waals surface area contributed by atoms with Crippen molar-refractivity contribution in [3.63, 3.8) is 0 Å². The molecule has 0 N–H and O–H groups in total. The Balaban J connectivity index is 1.72. The summed E-state index contributed by atoms with van der Waals surface area (Å²) >= 11 is 0. The molecule has 0 atom stereocenters. The van der Waals surface area contributed by atoms with Gasteiger partial charge in [-0.25, -0.2) is 14.5 Å². The van der Waals surface area contributed by atoms with Crippen LogP contribution >= 0.6 is 0 Å². The van der Waals surface area contributed by atoms with Gasteiger partial charge in [-0.2, -0.15) is 0 Å². The number of nitrogens with zero attached hydrogens (tertiary/aromatic N) is 4. The number of benzene rings is 1. The minimum absolute atomic E-state index is 0.623. The Morgan fingerprint density at radius 2 is 1.83 bits per heavy atom. The van der Waals surface area contributed by atoms with Crippen molar-refractivity contribution in [2.24, 2.45) is 0 Å². The fraction of sp³-hybridized carbons (Fsp3) is 0.105. The molecule has 0 unspecified atom stereocenters. The third-order valence-electron chi connectivity index (χ3n) is 3.90. The first-order chi connectivity index (χ1) is 11.7. The van der Waals surface area contributed by atoms with Crippen LogP contribution in [0, 0.1) is 6.92 Å². The molecule has 1 aromatic carbocycles. The lowest BCUT2D eigenvalue weighted by Crippen LogP contribution is -1.95. The molecule has 0 saturated carbocycles. The summed E-state index contributed by atoms with van der Waals surface area (Å²) in [5, 5.41) is 5.64. The Hall–Kier alpha value is -3.21. The standard InChI is InChI=1S/C19H16N4O/c1-13-7-11-17(24-2)19-21-18(22-23(13)19)12-10-15-9-8-14-5-3-4-6-16(14)20-15/h3-12H,1-2H3/b12-10+. The Bertz CT molecular complexity index is 1070. The molecule has 3 heterocycles. The highest BCUT2D eigenvalue weighted by Gasteiger charge is 2.08. The number of rotatable bonds is 3. The van der Waals surface area contributed by atoms with Gasteiger partial charge in [0.1, 0.15) is 0 Å². The van der Waals surface area contributed by atoms with E-state index in [0.29, 0.717) is 17.2 Å². The smallest absolute Gasteiger partial charge is 0.198 e. The molecule has 4 rings (SSSR count). The second-order valence-corrected chi connectivity index (χ2v) is 5.51. The molecule has 5 heteroatoms. The van der Waals surface area contributed by atoms with Crippen molar-refractivity contribution in [2.45, 2.75) is 6.92 Å². The lowest BCUT2D eigenvalue weighted by atomic mass is 10.2. The van der Waals surface area contributed by atoms with Crippen molar-refractivity contribution < 1.29 is 4.74 Å². The maximum absolute atomic E-state index is 5.35. The zero-order valence-electron chi connectivity index (χ0n) is 13.5. The van der Waals surface area contributed by atoms with E-state index >= 15 is 0 Å². The van der Waals surface area contributed by atoms with Crippen LogP contribution in [0.3, 0.4) is 0 Å². The first kappa shape index (κ1) is 14.4. The van der Waals surface area contributed by atoms with Crippen molar-refractivity contribution in [2.75, 3.05) is 7.11 Å². The molecule has 0 amide bonds. The van der Waals surface area contributed by atoms with Gasteiger partial charge in [0.15, 0.2) is 17.2 Å². The third-order valence-corrected chi connectivity index (χ3v) is 3.90. The average molecular weight is 316 g/mol. The minimum atomic E-state index is 0.623. The summed E-state index contributed by atoms with van der Waals surface area (Å²) in [6.07, 6.45) is 3.78. The quantitative estimate of drug-likeness (QED) is 0.577. The summed E-state index contributed by atoms with van der Waals surface area (Å²) in [5.41, 5.74) is 3.56. The monoisotopic (exact) mass is 316 g/mol. The number of fused-ring (bicyclic) bond motifs is 2. The predicted octanol–water partition coefficient (Wildman–Crippen LogP) is 3.76. The van der Waals surface area contributed by atoms with Crippen LogP contribution in [0.4, 0.5) is 0 Å². The van der Waals surface area contributed by atoms with Gasteiger partial charge in [-0.05, 0) is 43.3 Å². The van der Waals surface area contributed by atoms with E-state index in [0.717, 1.165) is 22.3 Å². The van der Waals surface area contributed by atoms with Crippen LogP contribution < -0.4 is 4.74 Å². The summed E-state index contributed by atoms with van der Waals surface area (Å²) in [6.45, 7) is 1.99. The summed E-state index contributed by atoms with van der Waals surface area (Å²) < 4.78 is 7.13. The highest BCUT2D eigenvalue weighted by molar-refractivity contribution is 5.80. The number of aryl methyl sites for hydroxylation is 1. The molecule has 0 bridgehead atoms. The highest BCUT2D eigenvalue weighted by atomic mass is 16.5. The molecule has 24 heavy (non-hydrogen) atoms. The Kier molecular flexibility index (Phi) is 3.46. The van der Waals surface area contributed by atoms with Crippen molar-refractivity contribution in [3.8, 4) is 5.75 Å². The van der Waals surface area contributed by atoms with Crippen molar-refractivity contribution >= 4 is 28.7 Å². The first-order valence-corrected chi connectivity index (χ1v) is 7.69. The van der Waals surface area contributed by atoms with E-state index in [9.17, 15) is 0 Å². The molecule has 3 aromatic heterocycles. The molecular formula is C19H16N4O. The highest BCUT2D eigenvalue weighted by Crippen LogP contribution is 2.20. The number of methoxy groups -OCH3 is 1. The second kappa shape index (κ2) is 5.77. The lowest BCUT2D eigenvalue weighted by molar-refractivity contribution is 0.416. The van der Waals surface area contributed by atoms with Crippen molar-refractivity contribution in [3.05, 3.63) is 65.7 Å². The number of aromatic nitrogens is 4. The van der Waals surface area contributed by atoms with Gasteiger partial charge in [0.05, 0.1) is 18.3 Å². The molecular weight excluding hydrogens is 300 g/mol. The number of para-hydroxylation sites is 1. The normalized spacial score (nSPS) is 11.6. The zero-order chi connectivity index (χ0) is 16.5. The summed E-state index contributed by atoms with van der Waals surface area (Å²) in [7, 11) is 1.63. The van der Waals surface area contributed by atoms with E-state index in [1.54, 1.807) is 11.6 Å². The van der Waals surface area contributed by atoms with Crippen LogP contribution in [-0.2, 0) is 0 Å². The van der Waals surface area contributed by atoms with Crippen molar-refractivity contribution in [1.29, 1.82) is 0 Å². The largest absolute Gasteiger partial charge is 0.493 e. The van der Waals surface area contributed by atoms with Crippen LogP contribution in [0.2, 0.25) is 0 Å². The maximum Gasteiger partial charge on any atom is 0.198 e. The van der Waals surface area contributed by atoms with Crippen LogP contribution in [0.25, 0.3) is 28.7 Å². The molecule has 0 aliphatic rings. The Labute approximate surface area is 139 Å². The average Bonchev–Trinajstić information content (AvgIpc) is 3.05. The molecule has 4 aromatic rings. The zero-order valence-corrected chi connectivity index (χ0v) is 13.5. The van der Waals surface area contributed by atoms with E-state index in [-0.39, 0.29) is 0 Å². The maximum atomic E-state index is 5.35. The molecule has 0 aliphatic heterocycles. The Morgan fingerprint density at radius 1 is 0.958 bits per heavy atom. The van der Waals surface area contributed by atoms with E-state index in [1.165, 1.54) is 0 Å². The topological polar surface area (TPSA) is 52.3 Å². The molecule has 0 fully saturated rings. The van der Waals surface area contributed by atoms with Crippen LogP contribution in [0.5, 0.6) is 5.75 Å². The molecule has 5 nitrogen and oxygen atoms in total. The lowest BCUT2D eigenvalue weighted by Gasteiger charge is -2.02. The molecule has 0 aliphatic carbocycles. The van der Waals surface area contributed by atoms with Gasteiger partial charge >= 0.3 is 0 Å². The fourth-order valence-corrected chi connectivity index (χ4v) is 2.64. The van der Waals surface area contributed by atoms with Gasteiger partial charge in [-0.3, -0.25) is 0 Å². The summed E-state index contributed by atoms with van der Waals surface area (Å²) in [5.74, 6) is 1.33. The van der Waals surface area contributed by atoms with E-state index < -0.39 is 0 Å². The van der Waals surface area contributed by atoms with Gasteiger partial charge in [-0.1, -0.05) is 24.3 Å². The predicted molar refractivity (Wildman–Crippen MR) is 94.9 cm³/mol.